The van der Waals surface area contributed by atoms with Gasteiger partial charge in [0.15, 0.2) is 11.0 Å². The molecule has 6 N–H and O–H groups in total. The van der Waals surface area contributed by atoms with Crippen LogP contribution in [0.4, 0.5) is 5.82 Å². The average Bonchev–Trinajstić information content (AvgIpc) is 2.46. The van der Waals surface area contributed by atoms with E-state index in [0.717, 1.165) is 6.21 Å². The monoisotopic (exact) mass is 306 g/mol. The highest BCUT2D eigenvalue weighted by Crippen LogP contribution is 2.06. The van der Waals surface area contributed by atoms with Crippen molar-refractivity contribution >= 4 is 23.6 Å². The van der Waals surface area contributed by atoms with Crippen molar-refractivity contribution < 1.29 is 25.5 Å². The Balaban J connectivity index is 2.50. The minimum atomic E-state index is -1.71. The van der Waals surface area contributed by atoms with Gasteiger partial charge >= 0.3 is 0 Å². The van der Waals surface area contributed by atoms with Crippen molar-refractivity contribution in [1.29, 1.82) is 0 Å². The molecule has 0 saturated carbocycles. The Bertz CT molecular complexity index is 432. The topological polar surface area (TPSA) is 151 Å². The number of aromatic nitrogens is 2. The molecule has 0 aliphatic heterocycles. The molecule has 9 nitrogen and oxygen atoms in total. The molecule has 112 valence electrons. The maximum absolute atomic E-state index is 9.51. The van der Waals surface area contributed by atoms with Crippen molar-refractivity contribution in [3.05, 3.63) is 17.3 Å². The summed E-state index contributed by atoms with van der Waals surface area (Å²) >= 11 is 5.53. The zero-order chi connectivity index (χ0) is 15.1. The van der Waals surface area contributed by atoms with E-state index >= 15 is 0 Å². The van der Waals surface area contributed by atoms with Crippen LogP contribution in [-0.4, -0.2) is 73.0 Å². The molecule has 1 rings (SSSR count). The summed E-state index contributed by atoms with van der Waals surface area (Å²) in [6.07, 6.45) is -5.65. The number of hydrazone groups is 1. The van der Waals surface area contributed by atoms with Gasteiger partial charge in [-0.1, -0.05) is 11.6 Å². The molecule has 0 aliphatic carbocycles. The fraction of sp³-hybridized carbons (Fsp3) is 0.500. The average molecular weight is 307 g/mol. The first-order valence-electron chi connectivity index (χ1n) is 5.57. The van der Waals surface area contributed by atoms with Crippen LogP contribution in [0.2, 0.25) is 5.15 Å². The third kappa shape index (κ3) is 4.96. The minimum absolute atomic E-state index is 0.205. The molecular formula is C10H15ClN4O5. The molecular weight excluding hydrogens is 292 g/mol. The summed E-state index contributed by atoms with van der Waals surface area (Å²) < 4.78 is 0. The molecule has 4 atom stereocenters. The van der Waals surface area contributed by atoms with Crippen LogP contribution in [0.1, 0.15) is 0 Å². The smallest absolute Gasteiger partial charge is 0.168 e. The first-order valence-corrected chi connectivity index (χ1v) is 5.95. The van der Waals surface area contributed by atoms with Crippen molar-refractivity contribution in [1.82, 2.24) is 10.2 Å². The van der Waals surface area contributed by atoms with Gasteiger partial charge in [0.25, 0.3) is 0 Å². The van der Waals surface area contributed by atoms with E-state index in [9.17, 15) is 15.3 Å². The molecule has 0 aromatic carbocycles. The lowest BCUT2D eigenvalue weighted by Gasteiger charge is -2.23. The molecule has 0 unspecified atom stereocenters. The summed E-state index contributed by atoms with van der Waals surface area (Å²) in [5.74, 6) is 0.253. The Morgan fingerprint density at radius 1 is 1.20 bits per heavy atom. The van der Waals surface area contributed by atoms with Gasteiger partial charge in [0.05, 0.1) is 12.8 Å². The van der Waals surface area contributed by atoms with Crippen molar-refractivity contribution in [2.45, 2.75) is 24.4 Å². The normalized spacial score (nSPS) is 17.7. The Labute approximate surface area is 119 Å². The van der Waals surface area contributed by atoms with Crippen LogP contribution in [0.25, 0.3) is 0 Å². The lowest BCUT2D eigenvalue weighted by atomic mass is 10.0. The molecule has 1 aromatic heterocycles. The van der Waals surface area contributed by atoms with Crippen molar-refractivity contribution in [3.8, 4) is 0 Å². The van der Waals surface area contributed by atoms with Gasteiger partial charge in [-0.15, -0.1) is 10.2 Å². The highest BCUT2D eigenvalue weighted by atomic mass is 35.5. The Morgan fingerprint density at radius 2 is 1.90 bits per heavy atom. The second kappa shape index (κ2) is 8.04. The predicted molar refractivity (Wildman–Crippen MR) is 70.3 cm³/mol. The molecule has 0 spiro atoms. The van der Waals surface area contributed by atoms with E-state index < -0.39 is 31.0 Å². The molecule has 0 fully saturated rings. The molecule has 20 heavy (non-hydrogen) atoms. The zero-order valence-corrected chi connectivity index (χ0v) is 11.0. The second-order valence-corrected chi connectivity index (χ2v) is 4.24. The van der Waals surface area contributed by atoms with E-state index in [4.69, 9.17) is 21.8 Å². The van der Waals surface area contributed by atoms with E-state index in [2.05, 4.69) is 20.7 Å². The molecule has 0 aliphatic rings. The Kier molecular flexibility index (Phi) is 6.71. The number of nitrogens with zero attached hydrogens (tertiary/aromatic N) is 3. The van der Waals surface area contributed by atoms with Gasteiger partial charge in [-0.05, 0) is 12.1 Å². The van der Waals surface area contributed by atoms with Gasteiger partial charge in [0.2, 0.25) is 0 Å². The van der Waals surface area contributed by atoms with Gasteiger partial charge in [0.1, 0.15) is 24.4 Å². The maximum Gasteiger partial charge on any atom is 0.168 e. The van der Waals surface area contributed by atoms with Gasteiger partial charge in [-0.25, -0.2) is 0 Å². The third-order valence-corrected chi connectivity index (χ3v) is 2.52. The first kappa shape index (κ1) is 16.7. The van der Waals surface area contributed by atoms with Crippen LogP contribution >= 0.6 is 11.6 Å². The van der Waals surface area contributed by atoms with Crippen LogP contribution < -0.4 is 5.43 Å². The highest BCUT2D eigenvalue weighted by Gasteiger charge is 2.29. The zero-order valence-electron chi connectivity index (χ0n) is 10.2. The number of hydrogen-bond acceptors (Lipinski definition) is 9. The van der Waals surface area contributed by atoms with Crippen molar-refractivity contribution in [2.24, 2.45) is 5.10 Å². The van der Waals surface area contributed by atoms with Gasteiger partial charge in [-0.3, -0.25) is 5.43 Å². The standard InChI is InChI=1S/C10H15ClN4O5/c11-7-1-2-8(15-13-7)14-12-3-5(17)9(19)10(20)6(18)4-16/h1-3,5-6,9-10,16-20H,4H2,(H,14,15)/b12-3+/t5-,6+,9+,10+/m0/s1. The molecule has 10 heteroatoms. The van der Waals surface area contributed by atoms with Crippen LogP contribution in [0.15, 0.2) is 17.2 Å². The number of anilines is 1. The van der Waals surface area contributed by atoms with Gasteiger partial charge < -0.3 is 25.5 Å². The number of aliphatic hydroxyl groups excluding tert-OH is 5. The summed E-state index contributed by atoms with van der Waals surface area (Å²) in [4.78, 5) is 0. The summed E-state index contributed by atoms with van der Waals surface area (Å²) in [5, 5.41) is 57.0. The number of nitrogens with one attached hydrogen (secondary N) is 1. The molecule has 0 radical (unpaired) electrons. The maximum atomic E-state index is 9.51. The number of rotatable bonds is 7. The molecule has 0 bridgehead atoms. The van der Waals surface area contributed by atoms with Crippen molar-refractivity contribution in [2.75, 3.05) is 12.0 Å². The van der Waals surface area contributed by atoms with Crippen LogP contribution in [0.5, 0.6) is 0 Å². The summed E-state index contributed by atoms with van der Waals surface area (Å²) in [7, 11) is 0. The highest BCUT2D eigenvalue weighted by molar-refractivity contribution is 6.29. The number of hydrogen-bond donors (Lipinski definition) is 6. The molecule has 1 aromatic rings. The fourth-order valence-electron chi connectivity index (χ4n) is 1.18. The lowest BCUT2D eigenvalue weighted by Crippen LogP contribution is -2.46. The first-order chi connectivity index (χ1) is 9.45. The third-order valence-electron chi connectivity index (χ3n) is 2.32. The van der Waals surface area contributed by atoms with Crippen molar-refractivity contribution in [3.63, 3.8) is 0 Å². The van der Waals surface area contributed by atoms with E-state index in [1.165, 1.54) is 12.1 Å². The summed E-state index contributed by atoms with van der Waals surface area (Å²) in [5.41, 5.74) is 2.41. The molecule has 0 saturated heterocycles. The predicted octanol–water partition coefficient (Wildman–Crippen LogP) is -2.04. The van der Waals surface area contributed by atoms with E-state index in [1.807, 2.05) is 0 Å². The van der Waals surface area contributed by atoms with E-state index in [1.54, 1.807) is 0 Å². The van der Waals surface area contributed by atoms with Gasteiger partial charge in [0, 0.05) is 0 Å². The van der Waals surface area contributed by atoms with Crippen LogP contribution in [0.3, 0.4) is 0 Å². The molecule has 0 amide bonds. The SMILES string of the molecule is OC[C@@H](O)[C@@H](O)[C@H](O)[C@@H](O)/C=N/Nc1ccc(Cl)nn1. The summed E-state index contributed by atoms with van der Waals surface area (Å²) in [6.45, 7) is -0.749. The van der Waals surface area contributed by atoms with Crippen LogP contribution in [0, 0.1) is 0 Å². The second-order valence-electron chi connectivity index (χ2n) is 3.85. The van der Waals surface area contributed by atoms with Gasteiger partial charge in [-0.2, -0.15) is 5.10 Å². The number of halogens is 1. The Morgan fingerprint density at radius 3 is 2.45 bits per heavy atom. The lowest BCUT2D eigenvalue weighted by molar-refractivity contribution is -0.0999. The van der Waals surface area contributed by atoms with E-state index in [0.29, 0.717) is 0 Å². The molecule has 1 heterocycles. The number of aliphatic hydroxyl groups is 5. The fourth-order valence-corrected chi connectivity index (χ4v) is 1.28. The largest absolute Gasteiger partial charge is 0.394 e. The Hall–Kier alpha value is -1.36. The van der Waals surface area contributed by atoms with Crippen LogP contribution in [-0.2, 0) is 0 Å². The van der Waals surface area contributed by atoms with E-state index in [-0.39, 0.29) is 11.0 Å². The quantitative estimate of drug-likeness (QED) is 0.249. The summed E-state index contributed by atoms with van der Waals surface area (Å²) in [6, 6.07) is 2.96. The minimum Gasteiger partial charge on any atom is -0.394 e.